The predicted molar refractivity (Wildman–Crippen MR) is 165 cm³/mol. The second-order valence-electron chi connectivity index (χ2n) is 10.1. The number of nitrogens with one attached hydrogen (secondary N) is 3. The van der Waals surface area contributed by atoms with Crippen LogP contribution in [0.4, 0.5) is 10.7 Å². The van der Waals surface area contributed by atoms with Gasteiger partial charge in [-0.15, -0.1) is 0 Å². The third-order valence-electron chi connectivity index (χ3n) is 7.19. The number of anilines is 2. The van der Waals surface area contributed by atoms with Crippen LogP contribution in [0.15, 0.2) is 33.5 Å². The number of nitrogens with zero attached hydrogens (tertiary/aromatic N) is 4. The fraction of sp³-hybridized carbons (Fsp3) is 0.393. The number of benzene rings is 1. The Kier molecular flexibility index (Phi) is 9.42. The molecule has 0 radical (unpaired) electrons. The topological polar surface area (TPSA) is 180 Å². The van der Waals surface area contributed by atoms with Crippen LogP contribution in [0, 0.1) is 6.92 Å². The molecule has 43 heavy (non-hydrogen) atoms. The summed E-state index contributed by atoms with van der Waals surface area (Å²) in [5.74, 6) is 0.0639. The number of aromatic hydroxyl groups is 1. The van der Waals surface area contributed by atoms with E-state index in [2.05, 4.69) is 30.0 Å². The van der Waals surface area contributed by atoms with E-state index in [9.17, 15) is 14.7 Å². The van der Waals surface area contributed by atoms with Crippen molar-refractivity contribution >= 4 is 51.1 Å². The SMILES string of the molecule is COC1c2c(nc(C)nc2C(C)=CCl)CN1C(=O)c1ccc(Nc2s[nH]c(=O)c2C(N)=NCCC2CNCCO2)c(O)c1. The van der Waals surface area contributed by atoms with Gasteiger partial charge < -0.3 is 35.8 Å². The number of allylic oxidation sites excluding steroid dienone is 1. The van der Waals surface area contributed by atoms with Crippen molar-refractivity contribution < 1.29 is 19.4 Å². The Balaban J connectivity index is 1.33. The molecule has 1 saturated heterocycles. The molecule has 0 bridgehead atoms. The first kappa shape index (κ1) is 30.6. The van der Waals surface area contributed by atoms with Crippen molar-refractivity contribution in [2.75, 3.05) is 38.7 Å². The molecule has 2 aliphatic rings. The zero-order valence-electron chi connectivity index (χ0n) is 23.9. The van der Waals surface area contributed by atoms with Crippen molar-refractivity contribution in [3.63, 3.8) is 0 Å². The normalized spacial score (nSPS) is 19.0. The highest BCUT2D eigenvalue weighted by atomic mass is 35.5. The van der Waals surface area contributed by atoms with Crippen LogP contribution in [-0.4, -0.2) is 75.5 Å². The summed E-state index contributed by atoms with van der Waals surface area (Å²) in [7, 11) is 1.50. The van der Waals surface area contributed by atoms with Crippen LogP contribution in [0.1, 0.15) is 58.3 Å². The minimum Gasteiger partial charge on any atom is -0.506 e. The van der Waals surface area contributed by atoms with Crippen LogP contribution in [-0.2, 0) is 16.0 Å². The highest BCUT2D eigenvalue weighted by Crippen LogP contribution is 2.39. The summed E-state index contributed by atoms with van der Waals surface area (Å²) in [4.78, 5) is 41.1. The molecule has 15 heteroatoms. The standard InChI is InChI=1S/C28H33ClN8O5S/c1-14(11-29)23-21-19(33-15(2)34-23)13-37(28(21)41-3)27(40)16-4-5-18(20(38)10-16)35-26-22(25(39)36-43-26)24(30)32-7-6-17-12-31-8-9-42-17/h4-5,10-11,17,28,31,35,38H,6-9,12-13H2,1-3H3,(H2,30,32)(H,36,39). The number of halogens is 1. The van der Waals surface area contributed by atoms with Gasteiger partial charge in [-0.05, 0) is 55.6 Å². The van der Waals surface area contributed by atoms with Crippen molar-refractivity contribution in [1.29, 1.82) is 0 Å². The maximum absolute atomic E-state index is 13.6. The van der Waals surface area contributed by atoms with E-state index < -0.39 is 11.8 Å². The molecular formula is C28H33ClN8O5S. The number of aliphatic imine (C=N–C) groups is 1. The fourth-order valence-corrected chi connectivity index (χ4v) is 5.95. The van der Waals surface area contributed by atoms with E-state index in [4.69, 9.17) is 26.8 Å². The number of H-pyrrole nitrogens is 1. The average Bonchev–Trinajstić information content (AvgIpc) is 3.56. The number of amidine groups is 1. The quantitative estimate of drug-likeness (QED) is 0.134. The molecule has 1 aromatic carbocycles. The van der Waals surface area contributed by atoms with Gasteiger partial charge in [-0.1, -0.05) is 11.6 Å². The third kappa shape index (κ3) is 6.43. The second-order valence-corrected chi connectivity index (χ2v) is 11.2. The van der Waals surface area contributed by atoms with Gasteiger partial charge in [-0.3, -0.25) is 19.0 Å². The summed E-state index contributed by atoms with van der Waals surface area (Å²) in [5, 5.41) is 17.6. The van der Waals surface area contributed by atoms with Crippen LogP contribution in [0.2, 0.25) is 0 Å². The number of ether oxygens (including phenoxy) is 2. The molecule has 228 valence electrons. The Hall–Kier alpha value is -3.82. The maximum atomic E-state index is 13.6. The summed E-state index contributed by atoms with van der Waals surface area (Å²) >= 11 is 7.01. The number of carbonyl (C=O) groups is 1. The Bertz CT molecular complexity index is 1630. The number of aryl methyl sites for hydroxylation is 1. The summed E-state index contributed by atoms with van der Waals surface area (Å²) in [6, 6.07) is 4.48. The first-order chi connectivity index (χ1) is 20.7. The Morgan fingerprint density at radius 2 is 2.23 bits per heavy atom. The number of amides is 1. The molecule has 0 spiro atoms. The van der Waals surface area contributed by atoms with Gasteiger partial charge in [0.2, 0.25) is 0 Å². The molecule has 2 unspecified atom stereocenters. The van der Waals surface area contributed by atoms with E-state index in [-0.39, 0.29) is 47.0 Å². The largest absolute Gasteiger partial charge is 0.506 e. The van der Waals surface area contributed by atoms with E-state index in [0.717, 1.165) is 30.2 Å². The molecule has 0 saturated carbocycles. The van der Waals surface area contributed by atoms with Crippen molar-refractivity contribution in [2.24, 2.45) is 10.7 Å². The number of phenols is 1. The number of aromatic nitrogens is 3. The van der Waals surface area contributed by atoms with Crippen molar-refractivity contribution in [3.8, 4) is 5.75 Å². The van der Waals surface area contributed by atoms with Gasteiger partial charge in [0.1, 0.15) is 28.0 Å². The fourth-order valence-electron chi connectivity index (χ4n) is 5.09. The monoisotopic (exact) mass is 628 g/mol. The summed E-state index contributed by atoms with van der Waals surface area (Å²) < 4.78 is 14.0. The number of hydrogen-bond donors (Lipinski definition) is 5. The minimum absolute atomic E-state index is 0.0430. The number of morpholine rings is 1. The van der Waals surface area contributed by atoms with E-state index in [1.165, 1.54) is 23.6 Å². The minimum atomic E-state index is -0.743. The zero-order chi connectivity index (χ0) is 30.7. The molecule has 13 nitrogen and oxygen atoms in total. The van der Waals surface area contributed by atoms with E-state index in [0.29, 0.717) is 47.3 Å². The summed E-state index contributed by atoms with van der Waals surface area (Å²) in [6.07, 6.45) is -0.0361. The Morgan fingerprint density at radius 3 is 2.93 bits per heavy atom. The van der Waals surface area contributed by atoms with E-state index >= 15 is 0 Å². The molecule has 2 aromatic heterocycles. The van der Waals surface area contributed by atoms with Crippen molar-refractivity contribution in [2.45, 2.75) is 39.1 Å². The van der Waals surface area contributed by atoms with Crippen LogP contribution >= 0.6 is 23.1 Å². The molecule has 1 fully saturated rings. The first-order valence-electron chi connectivity index (χ1n) is 13.6. The highest BCUT2D eigenvalue weighted by Gasteiger charge is 2.38. The number of fused-ring (bicyclic) bond motifs is 1. The number of nitrogens with two attached hydrogens (primary N) is 1. The van der Waals surface area contributed by atoms with Gasteiger partial charge in [-0.2, -0.15) is 0 Å². The lowest BCUT2D eigenvalue weighted by Gasteiger charge is -2.24. The lowest BCUT2D eigenvalue weighted by molar-refractivity contribution is -0.0145. The molecule has 1 amide bonds. The van der Waals surface area contributed by atoms with E-state index in [1.807, 2.05) is 6.92 Å². The smallest absolute Gasteiger partial charge is 0.271 e. The number of aromatic amines is 1. The van der Waals surface area contributed by atoms with Gasteiger partial charge in [0.05, 0.1) is 41.9 Å². The molecule has 2 aliphatic heterocycles. The number of phenolic OH excluding ortho intramolecular Hbond substituents is 1. The molecular weight excluding hydrogens is 596 g/mol. The number of hydrogen-bond acceptors (Lipinski definition) is 11. The van der Waals surface area contributed by atoms with Gasteiger partial charge in [0.25, 0.3) is 11.5 Å². The highest BCUT2D eigenvalue weighted by molar-refractivity contribution is 7.10. The van der Waals surface area contributed by atoms with Crippen LogP contribution in [0.25, 0.3) is 5.57 Å². The van der Waals surface area contributed by atoms with Gasteiger partial charge >= 0.3 is 0 Å². The number of carbonyl (C=O) groups excluding carboxylic acids is 1. The summed E-state index contributed by atoms with van der Waals surface area (Å²) in [5.41, 5.74) is 10.6. The van der Waals surface area contributed by atoms with E-state index in [1.54, 1.807) is 19.1 Å². The maximum Gasteiger partial charge on any atom is 0.271 e. The molecule has 3 aromatic rings. The molecule has 0 aliphatic carbocycles. The summed E-state index contributed by atoms with van der Waals surface area (Å²) in [6.45, 7) is 6.41. The van der Waals surface area contributed by atoms with Gasteiger partial charge in [0, 0.05) is 37.8 Å². The van der Waals surface area contributed by atoms with Gasteiger partial charge in [-0.25, -0.2) is 9.97 Å². The molecule has 4 heterocycles. The molecule has 5 rings (SSSR count). The Morgan fingerprint density at radius 1 is 1.42 bits per heavy atom. The zero-order valence-corrected chi connectivity index (χ0v) is 25.5. The predicted octanol–water partition coefficient (Wildman–Crippen LogP) is 2.97. The lowest BCUT2D eigenvalue weighted by atomic mass is 10.1. The molecule has 6 N–H and O–H groups in total. The lowest BCUT2D eigenvalue weighted by Crippen LogP contribution is -2.38. The average molecular weight is 629 g/mol. The number of rotatable bonds is 9. The first-order valence-corrected chi connectivity index (χ1v) is 14.9. The van der Waals surface area contributed by atoms with Crippen molar-refractivity contribution in [3.05, 3.63) is 68.0 Å². The van der Waals surface area contributed by atoms with Crippen molar-refractivity contribution in [1.82, 2.24) is 24.6 Å². The van der Waals surface area contributed by atoms with Crippen LogP contribution < -0.4 is 21.9 Å². The third-order valence-corrected chi connectivity index (χ3v) is 8.32. The van der Waals surface area contributed by atoms with Crippen LogP contribution in [0.5, 0.6) is 5.75 Å². The number of methoxy groups -OCH3 is 1. The Labute approximate surface area is 257 Å². The van der Waals surface area contributed by atoms with Gasteiger partial charge in [0.15, 0.2) is 6.23 Å². The second kappa shape index (κ2) is 13.2. The van der Waals surface area contributed by atoms with Crippen LogP contribution in [0.3, 0.4) is 0 Å². The molecule has 2 atom stereocenters.